The molecule has 0 aromatic heterocycles. The third-order valence-corrected chi connectivity index (χ3v) is 4.97. The average Bonchev–Trinajstić information content (AvgIpc) is 2.45. The van der Waals surface area contributed by atoms with E-state index in [1.165, 1.54) is 5.56 Å². The number of hydrogen-bond acceptors (Lipinski definition) is 3. The van der Waals surface area contributed by atoms with Gasteiger partial charge in [-0.3, -0.25) is 10.1 Å². The lowest BCUT2D eigenvalue weighted by Crippen LogP contribution is -2.56. The second-order valence-electron chi connectivity index (χ2n) is 6.00. The Labute approximate surface area is 120 Å². The number of nitro benzene ring substituents is 1. The third-order valence-electron chi connectivity index (χ3n) is 4.97. The summed E-state index contributed by atoms with van der Waals surface area (Å²) < 4.78 is 0. The van der Waals surface area contributed by atoms with Crippen molar-refractivity contribution in [2.75, 3.05) is 6.54 Å². The van der Waals surface area contributed by atoms with Gasteiger partial charge < -0.3 is 5.32 Å². The quantitative estimate of drug-likeness (QED) is 0.634. The minimum Gasteiger partial charge on any atom is -0.313 e. The van der Waals surface area contributed by atoms with Crippen LogP contribution in [0.1, 0.15) is 51.5 Å². The van der Waals surface area contributed by atoms with Gasteiger partial charge in [0.25, 0.3) is 5.69 Å². The zero-order chi connectivity index (χ0) is 14.8. The summed E-state index contributed by atoms with van der Waals surface area (Å²) in [5, 5.41) is 14.3. The molecule has 3 unspecified atom stereocenters. The molecule has 0 aliphatic heterocycles. The minimum absolute atomic E-state index is 0.173. The Morgan fingerprint density at radius 2 is 2.00 bits per heavy atom. The summed E-state index contributed by atoms with van der Waals surface area (Å²) in [6.45, 7) is 7.81. The normalized spacial score (nSPS) is 28.9. The van der Waals surface area contributed by atoms with E-state index in [2.05, 4.69) is 26.1 Å². The zero-order valence-corrected chi connectivity index (χ0v) is 12.6. The Bertz CT molecular complexity index is 472. The van der Waals surface area contributed by atoms with Crippen molar-refractivity contribution < 1.29 is 4.92 Å². The lowest BCUT2D eigenvalue weighted by molar-refractivity contribution is -0.384. The summed E-state index contributed by atoms with van der Waals surface area (Å²) >= 11 is 0. The van der Waals surface area contributed by atoms with Crippen LogP contribution in [0, 0.1) is 15.5 Å². The van der Waals surface area contributed by atoms with Gasteiger partial charge in [0.05, 0.1) is 4.92 Å². The number of hydrogen-bond donors (Lipinski definition) is 1. The van der Waals surface area contributed by atoms with E-state index in [1.807, 2.05) is 12.1 Å². The molecule has 1 fully saturated rings. The van der Waals surface area contributed by atoms with Gasteiger partial charge in [-0.25, -0.2) is 0 Å². The first-order chi connectivity index (χ1) is 9.52. The van der Waals surface area contributed by atoms with Crippen LogP contribution in [0.4, 0.5) is 5.69 Å². The first kappa shape index (κ1) is 15.0. The molecule has 1 aromatic rings. The number of rotatable bonds is 6. The maximum absolute atomic E-state index is 10.7. The third kappa shape index (κ3) is 2.57. The molecule has 110 valence electrons. The highest BCUT2D eigenvalue weighted by Crippen LogP contribution is 2.54. The van der Waals surface area contributed by atoms with Crippen LogP contribution in [-0.4, -0.2) is 17.5 Å². The summed E-state index contributed by atoms with van der Waals surface area (Å²) in [6, 6.07) is 7.66. The smallest absolute Gasteiger partial charge is 0.269 e. The molecule has 2 rings (SSSR count). The van der Waals surface area contributed by atoms with Gasteiger partial charge in [-0.2, -0.15) is 0 Å². The molecular weight excluding hydrogens is 252 g/mol. The maximum atomic E-state index is 10.7. The molecule has 1 aliphatic carbocycles. The van der Waals surface area contributed by atoms with E-state index in [9.17, 15) is 10.1 Å². The average molecular weight is 276 g/mol. The topological polar surface area (TPSA) is 55.2 Å². The van der Waals surface area contributed by atoms with Gasteiger partial charge in [0, 0.05) is 18.2 Å². The predicted molar refractivity (Wildman–Crippen MR) is 80.9 cm³/mol. The van der Waals surface area contributed by atoms with Crippen LogP contribution >= 0.6 is 0 Å². The van der Waals surface area contributed by atoms with E-state index in [-0.39, 0.29) is 16.0 Å². The number of nitro groups is 1. The van der Waals surface area contributed by atoms with Crippen LogP contribution in [0.5, 0.6) is 0 Å². The lowest BCUT2D eigenvalue weighted by atomic mass is 9.54. The molecule has 1 aromatic carbocycles. The van der Waals surface area contributed by atoms with Crippen LogP contribution < -0.4 is 5.32 Å². The molecule has 3 atom stereocenters. The van der Waals surface area contributed by atoms with Crippen LogP contribution in [-0.2, 0) is 0 Å². The Morgan fingerprint density at radius 1 is 1.35 bits per heavy atom. The SMILES string of the molecule is CCCNC1CC(c2ccc([N+](=O)[O-])cc2)C1(C)CC. The van der Waals surface area contributed by atoms with Gasteiger partial charge in [0.1, 0.15) is 0 Å². The van der Waals surface area contributed by atoms with Crippen molar-refractivity contribution in [2.45, 2.75) is 52.0 Å². The zero-order valence-electron chi connectivity index (χ0n) is 12.6. The molecular formula is C16H24N2O2. The summed E-state index contributed by atoms with van der Waals surface area (Å²) in [6.07, 6.45) is 3.40. The number of non-ortho nitro benzene ring substituents is 1. The van der Waals surface area contributed by atoms with Gasteiger partial charge in [-0.1, -0.05) is 32.9 Å². The van der Waals surface area contributed by atoms with Gasteiger partial charge >= 0.3 is 0 Å². The van der Waals surface area contributed by atoms with Crippen molar-refractivity contribution in [3.8, 4) is 0 Å². The van der Waals surface area contributed by atoms with E-state index in [1.54, 1.807) is 12.1 Å². The van der Waals surface area contributed by atoms with Crippen LogP contribution in [0.15, 0.2) is 24.3 Å². The van der Waals surface area contributed by atoms with Gasteiger partial charge in [-0.05, 0) is 42.7 Å². The van der Waals surface area contributed by atoms with Crippen LogP contribution in [0.25, 0.3) is 0 Å². The molecule has 0 heterocycles. The highest BCUT2D eigenvalue weighted by molar-refractivity contribution is 5.37. The van der Waals surface area contributed by atoms with Crippen molar-refractivity contribution in [1.29, 1.82) is 0 Å². The Hall–Kier alpha value is -1.42. The van der Waals surface area contributed by atoms with E-state index in [0.717, 1.165) is 25.8 Å². The second kappa shape index (κ2) is 5.92. The summed E-state index contributed by atoms with van der Waals surface area (Å²) in [7, 11) is 0. The molecule has 0 amide bonds. The highest BCUT2D eigenvalue weighted by Gasteiger charge is 2.50. The highest BCUT2D eigenvalue weighted by atomic mass is 16.6. The second-order valence-corrected chi connectivity index (χ2v) is 6.00. The van der Waals surface area contributed by atoms with Crippen molar-refractivity contribution in [3.05, 3.63) is 39.9 Å². The standard InChI is InChI=1S/C16H24N2O2/c1-4-10-17-15-11-14(16(15,3)5-2)12-6-8-13(9-7-12)18(19)20/h6-9,14-15,17H,4-5,10-11H2,1-3H3. The van der Waals surface area contributed by atoms with Gasteiger partial charge in [-0.15, -0.1) is 0 Å². The molecule has 0 saturated heterocycles. The van der Waals surface area contributed by atoms with Crippen LogP contribution in [0.2, 0.25) is 0 Å². The monoisotopic (exact) mass is 276 g/mol. The number of nitrogens with zero attached hydrogens (tertiary/aromatic N) is 1. The predicted octanol–water partition coefficient (Wildman–Crippen LogP) is 3.87. The van der Waals surface area contributed by atoms with Crippen molar-refractivity contribution in [3.63, 3.8) is 0 Å². The number of benzene rings is 1. The fourth-order valence-corrected chi connectivity index (χ4v) is 3.33. The lowest BCUT2D eigenvalue weighted by Gasteiger charge is -2.55. The van der Waals surface area contributed by atoms with Crippen LogP contribution in [0.3, 0.4) is 0 Å². The van der Waals surface area contributed by atoms with E-state index < -0.39 is 0 Å². The Kier molecular flexibility index (Phi) is 4.43. The fourth-order valence-electron chi connectivity index (χ4n) is 3.33. The summed E-state index contributed by atoms with van der Waals surface area (Å²) in [5.74, 6) is 0.502. The molecule has 1 N–H and O–H groups in total. The van der Waals surface area contributed by atoms with Gasteiger partial charge in [0.2, 0.25) is 0 Å². The Balaban J connectivity index is 2.11. The molecule has 0 radical (unpaired) electrons. The molecule has 4 nitrogen and oxygen atoms in total. The Morgan fingerprint density at radius 3 is 2.50 bits per heavy atom. The first-order valence-corrected chi connectivity index (χ1v) is 7.50. The van der Waals surface area contributed by atoms with Crippen molar-refractivity contribution in [1.82, 2.24) is 5.32 Å². The molecule has 1 aliphatic rings. The summed E-state index contributed by atoms with van der Waals surface area (Å²) in [5.41, 5.74) is 1.66. The minimum atomic E-state index is -0.338. The van der Waals surface area contributed by atoms with Crippen molar-refractivity contribution in [2.24, 2.45) is 5.41 Å². The molecule has 1 saturated carbocycles. The number of nitrogens with one attached hydrogen (secondary N) is 1. The van der Waals surface area contributed by atoms with E-state index >= 15 is 0 Å². The molecule has 0 spiro atoms. The largest absolute Gasteiger partial charge is 0.313 e. The fraction of sp³-hybridized carbons (Fsp3) is 0.625. The first-order valence-electron chi connectivity index (χ1n) is 7.50. The van der Waals surface area contributed by atoms with E-state index in [4.69, 9.17) is 0 Å². The molecule has 0 bridgehead atoms. The van der Waals surface area contributed by atoms with E-state index in [0.29, 0.717) is 12.0 Å². The van der Waals surface area contributed by atoms with Gasteiger partial charge in [0.15, 0.2) is 0 Å². The summed E-state index contributed by atoms with van der Waals surface area (Å²) in [4.78, 5) is 10.4. The molecule has 4 heteroatoms. The van der Waals surface area contributed by atoms with Crippen molar-refractivity contribution >= 4 is 5.69 Å². The maximum Gasteiger partial charge on any atom is 0.269 e. The molecule has 20 heavy (non-hydrogen) atoms.